The van der Waals surface area contributed by atoms with Crippen molar-refractivity contribution in [3.63, 3.8) is 0 Å². The van der Waals surface area contributed by atoms with E-state index in [4.69, 9.17) is 5.11 Å². The fourth-order valence-electron chi connectivity index (χ4n) is 2.07. The van der Waals surface area contributed by atoms with Crippen LogP contribution in [-0.4, -0.2) is 23.2 Å². The van der Waals surface area contributed by atoms with Crippen LogP contribution >= 0.6 is 0 Å². The number of quaternary nitrogens is 1. The molecule has 0 saturated carbocycles. The molecule has 0 amide bonds. The maximum absolute atomic E-state index is 12.0. The molecule has 0 aliphatic rings. The molecule has 0 spiro atoms. The van der Waals surface area contributed by atoms with Gasteiger partial charge in [0, 0.05) is 0 Å². The molecule has 4 nitrogen and oxygen atoms in total. The quantitative estimate of drug-likeness (QED) is 0.676. The summed E-state index contributed by atoms with van der Waals surface area (Å²) in [4.78, 5) is 14.9. The lowest BCUT2D eigenvalue weighted by atomic mass is 10.0. The molecule has 0 aliphatic heterocycles. The minimum Gasteiger partial charge on any atom is -0.391 e. The largest absolute Gasteiger partial charge is 0.391 e. The number of hydrogen-bond donors (Lipinski definition) is 3. The molecule has 2 rings (SSSR count). The number of benzene rings is 1. The number of nitrogens with two attached hydrogens (primary N) is 1. The van der Waals surface area contributed by atoms with Gasteiger partial charge in [-0.05, 0) is 36.4 Å². The van der Waals surface area contributed by atoms with Gasteiger partial charge in [-0.3, -0.25) is 4.79 Å². The van der Waals surface area contributed by atoms with Crippen LogP contribution < -0.4 is 10.9 Å². The van der Waals surface area contributed by atoms with Crippen molar-refractivity contribution in [2.75, 3.05) is 13.2 Å². The Morgan fingerprint density at radius 3 is 2.83 bits per heavy atom. The number of aliphatic hydroxyl groups is 1. The molecule has 1 heterocycles. The number of aryl methyl sites for hydroxylation is 2. The first-order valence-electron chi connectivity index (χ1n) is 6.18. The minimum absolute atomic E-state index is 0.0367. The zero-order valence-corrected chi connectivity index (χ0v) is 10.8. The predicted molar refractivity (Wildman–Crippen MR) is 71.6 cm³/mol. The van der Waals surface area contributed by atoms with Crippen LogP contribution in [-0.2, 0) is 6.54 Å². The molecular formula is C14H19N2O2+. The number of aliphatic hydroxyl groups excluding tert-OH is 1. The number of nitrogens with one attached hydrogen (secondary N) is 1. The molecule has 1 aromatic heterocycles. The van der Waals surface area contributed by atoms with Crippen molar-refractivity contribution in [3.8, 4) is 0 Å². The smallest absolute Gasteiger partial charge is 0.257 e. The molecule has 0 saturated heterocycles. The highest BCUT2D eigenvalue weighted by molar-refractivity contribution is 5.83. The zero-order valence-electron chi connectivity index (χ0n) is 10.8. The van der Waals surface area contributed by atoms with E-state index in [9.17, 15) is 4.79 Å². The summed E-state index contributed by atoms with van der Waals surface area (Å²) in [5.74, 6) is 0. The third-order valence-corrected chi connectivity index (χ3v) is 3.33. The molecule has 96 valence electrons. The molecule has 0 unspecified atom stereocenters. The molecule has 2 aromatic rings. The van der Waals surface area contributed by atoms with Gasteiger partial charge in [0.1, 0.15) is 6.54 Å². The normalized spacial score (nSPS) is 11.1. The highest BCUT2D eigenvalue weighted by Gasteiger charge is 2.07. The average Bonchev–Trinajstić information content (AvgIpc) is 2.36. The zero-order chi connectivity index (χ0) is 13.1. The Bertz CT molecular complexity index is 617. The average molecular weight is 247 g/mol. The molecular weight excluding hydrogens is 228 g/mol. The van der Waals surface area contributed by atoms with Crippen molar-refractivity contribution in [2.45, 2.75) is 20.4 Å². The highest BCUT2D eigenvalue weighted by Crippen LogP contribution is 2.18. The Hall–Kier alpha value is -1.65. The van der Waals surface area contributed by atoms with E-state index in [2.05, 4.69) is 11.1 Å². The Morgan fingerprint density at radius 1 is 1.33 bits per heavy atom. The van der Waals surface area contributed by atoms with Gasteiger partial charge in [0.05, 0.1) is 24.2 Å². The Labute approximate surface area is 106 Å². The van der Waals surface area contributed by atoms with Gasteiger partial charge in [-0.15, -0.1) is 0 Å². The summed E-state index contributed by atoms with van der Waals surface area (Å²) in [6.07, 6.45) is 0. The maximum Gasteiger partial charge on any atom is 0.257 e. The van der Waals surface area contributed by atoms with Crippen molar-refractivity contribution in [2.24, 2.45) is 0 Å². The van der Waals surface area contributed by atoms with Crippen molar-refractivity contribution in [1.82, 2.24) is 4.98 Å². The van der Waals surface area contributed by atoms with E-state index >= 15 is 0 Å². The van der Waals surface area contributed by atoms with Gasteiger partial charge in [-0.25, -0.2) is 0 Å². The van der Waals surface area contributed by atoms with Crippen molar-refractivity contribution >= 4 is 10.9 Å². The molecule has 4 heteroatoms. The van der Waals surface area contributed by atoms with Crippen LogP contribution in [0.4, 0.5) is 0 Å². The van der Waals surface area contributed by atoms with Crippen molar-refractivity contribution in [3.05, 3.63) is 45.2 Å². The van der Waals surface area contributed by atoms with Crippen LogP contribution in [0.5, 0.6) is 0 Å². The van der Waals surface area contributed by atoms with Crippen LogP contribution in [0.3, 0.4) is 0 Å². The SMILES string of the molecule is Cc1ccc2cc(C[NH2+]CCO)c(=O)[nH]c2c1C. The second-order valence-corrected chi connectivity index (χ2v) is 4.60. The molecule has 0 bridgehead atoms. The number of H-pyrrole nitrogens is 1. The Kier molecular flexibility index (Phi) is 3.79. The number of hydrogen-bond acceptors (Lipinski definition) is 2. The maximum atomic E-state index is 12.0. The Morgan fingerprint density at radius 2 is 2.11 bits per heavy atom. The van der Waals surface area contributed by atoms with E-state index in [0.717, 1.165) is 22.0 Å². The predicted octanol–water partition coefficient (Wildman–Crippen LogP) is 0.201. The summed E-state index contributed by atoms with van der Waals surface area (Å²) in [5.41, 5.74) is 3.93. The van der Waals surface area contributed by atoms with E-state index in [1.54, 1.807) is 0 Å². The van der Waals surface area contributed by atoms with Crippen LogP contribution in [0.2, 0.25) is 0 Å². The summed E-state index contributed by atoms with van der Waals surface area (Å²) in [7, 11) is 0. The van der Waals surface area contributed by atoms with Gasteiger partial charge in [-0.1, -0.05) is 12.1 Å². The summed E-state index contributed by atoms with van der Waals surface area (Å²) < 4.78 is 0. The van der Waals surface area contributed by atoms with Gasteiger partial charge in [0.25, 0.3) is 5.56 Å². The van der Waals surface area contributed by atoms with E-state index in [1.165, 1.54) is 5.56 Å². The first-order valence-corrected chi connectivity index (χ1v) is 6.18. The second-order valence-electron chi connectivity index (χ2n) is 4.60. The third-order valence-electron chi connectivity index (χ3n) is 3.33. The lowest BCUT2D eigenvalue weighted by molar-refractivity contribution is -0.671. The van der Waals surface area contributed by atoms with Crippen LogP contribution in [0.1, 0.15) is 16.7 Å². The molecule has 1 aromatic carbocycles. The number of pyridine rings is 1. The van der Waals surface area contributed by atoms with Gasteiger partial charge in [0.15, 0.2) is 0 Å². The lowest BCUT2D eigenvalue weighted by Crippen LogP contribution is -2.83. The van der Waals surface area contributed by atoms with Crippen molar-refractivity contribution in [1.29, 1.82) is 0 Å². The molecule has 0 radical (unpaired) electrons. The fourth-order valence-corrected chi connectivity index (χ4v) is 2.07. The van der Waals surface area contributed by atoms with Gasteiger partial charge < -0.3 is 15.4 Å². The number of rotatable bonds is 4. The van der Waals surface area contributed by atoms with Gasteiger partial charge in [-0.2, -0.15) is 0 Å². The monoisotopic (exact) mass is 247 g/mol. The molecule has 4 N–H and O–H groups in total. The van der Waals surface area contributed by atoms with E-state index in [1.807, 2.05) is 31.3 Å². The number of aromatic amines is 1. The van der Waals surface area contributed by atoms with Gasteiger partial charge >= 0.3 is 0 Å². The fraction of sp³-hybridized carbons (Fsp3) is 0.357. The third kappa shape index (κ3) is 2.44. The van der Waals surface area contributed by atoms with E-state index in [0.29, 0.717) is 13.1 Å². The second kappa shape index (κ2) is 5.33. The van der Waals surface area contributed by atoms with Gasteiger partial charge in [0.2, 0.25) is 0 Å². The molecule has 0 aliphatic carbocycles. The standard InChI is InChI=1S/C14H18N2O2/c1-9-3-4-11-7-12(8-15-5-6-17)14(18)16-13(11)10(9)2/h3-4,7,15,17H,5-6,8H2,1-2H3,(H,16,18)/p+1. The van der Waals surface area contributed by atoms with Crippen molar-refractivity contribution < 1.29 is 10.4 Å². The summed E-state index contributed by atoms with van der Waals surface area (Å²) >= 11 is 0. The topological polar surface area (TPSA) is 69.7 Å². The van der Waals surface area contributed by atoms with E-state index in [-0.39, 0.29) is 12.2 Å². The lowest BCUT2D eigenvalue weighted by Gasteiger charge is -2.07. The number of fused-ring (bicyclic) bond motifs is 1. The van der Waals surface area contributed by atoms with E-state index < -0.39 is 0 Å². The first-order chi connectivity index (χ1) is 8.63. The summed E-state index contributed by atoms with van der Waals surface area (Å²) in [5, 5.41) is 11.7. The molecule has 0 fully saturated rings. The summed E-state index contributed by atoms with van der Waals surface area (Å²) in [6, 6.07) is 6.04. The Balaban J connectivity index is 2.43. The van der Waals surface area contributed by atoms with Crippen LogP contribution in [0.15, 0.2) is 23.0 Å². The highest BCUT2D eigenvalue weighted by atomic mass is 16.3. The minimum atomic E-state index is -0.0367. The van der Waals surface area contributed by atoms with Crippen LogP contribution in [0, 0.1) is 13.8 Å². The molecule has 0 atom stereocenters. The molecule has 18 heavy (non-hydrogen) atoms. The first kappa shape index (κ1) is 12.8. The van der Waals surface area contributed by atoms with Crippen LogP contribution in [0.25, 0.3) is 10.9 Å². The number of aromatic nitrogens is 1. The summed E-state index contributed by atoms with van der Waals surface area (Å²) in [6.45, 7) is 5.40.